The van der Waals surface area contributed by atoms with Crippen molar-refractivity contribution in [3.63, 3.8) is 0 Å². The largest absolute Gasteiger partial charge is 0.497 e. The fraction of sp³-hybridized carbons (Fsp3) is 0.481. The fourth-order valence-electron chi connectivity index (χ4n) is 5.03. The SMILES string of the molecule is COC(=O)C[C@H]1[C@H](C)C(C(F)(F)F)=NN1c1ccc(O[C@@H]2CCN(c3cc(OC)cc(F)c3F)C[C@H]2C)cc1. The highest BCUT2D eigenvalue weighted by Crippen LogP contribution is 2.37. The molecule has 4 atom stereocenters. The molecule has 39 heavy (non-hydrogen) atoms. The summed E-state index contributed by atoms with van der Waals surface area (Å²) < 4.78 is 84.9. The van der Waals surface area contributed by atoms with Crippen LogP contribution in [0.2, 0.25) is 0 Å². The third-order valence-electron chi connectivity index (χ3n) is 7.21. The molecule has 1 saturated heterocycles. The highest BCUT2D eigenvalue weighted by atomic mass is 19.4. The number of benzene rings is 2. The number of nitrogens with zero attached hydrogens (tertiary/aromatic N) is 3. The zero-order chi connectivity index (χ0) is 28.5. The number of hydrogen-bond donors (Lipinski definition) is 0. The number of alkyl halides is 3. The van der Waals surface area contributed by atoms with E-state index in [4.69, 9.17) is 9.47 Å². The maximum atomic E-state index is 14.5. The zero-order valence-corrected chi connectivity index (χ0v) is 22.0. The Morgan fingerprint density at radius 3 is 2.36 bits per heavy atom. The first kappa shape index (κ1) is 28.4. The third-order valence-corrected chi connectivity index (χ3v) is 7.21. The lowest BCUT2D eigenvalue weighted by molar-refractivity contribution is -0.141. The van der Waals surface area contributed by atoms with Crippen LogP contribution in [0.5, 0.6) is 11.5 Å². The summed E-state index contributed by atoms with van der Waals surface area (Å²) in [6.45, 7) is 4.17. The van der Waals surface area contributed by atoms with Crippen LogP contribution in [0.3, 0.4) is 0 Å². The van der Waals surface area contributed by atoms with Gasteiger partial charge in [-0.05, 0) is 24.3 Å². The van der Waals surface area contributed by atoms with Gasteiger partial charge in [-0.25, -0.2) is 8.78 Å². The van der Waals surface area contributed by atoms with E-state index in [-0.39, 0.29) is 29.9 Å². The fourth-order valence-corrected chi connectivity index (χ4v) is 5.03. The van der Waals surface area contributed by atoms with Gasteiger partial charge in [-0.3, -0.25) is 9.80 Å². The van der Waals surface area contributed by atoms with Gasteiger partial charge < -0.3 is 19.1 Å². The minimum absolute atomic E-state index is 0.0464. The van der Waals surface area contributed by atoms with E-state index in [9.17, 15) is 26.7 Å². The Morgan fingerprint density at radius 1 is 1.08 bits per heavy atom. The van der Waals surface area contributed by atoms with Crippen LogP contribution in [-0.2, 0) is 9.53 Å². The molecule has 0 aromatic heterocycles. The van der Waals surface area contributed by atoms with E-state index in [1.165, 1.54) is 32.2 Å². The van der Waals surface area contributed by atoms with E-state index in [0.717, 1.165) is 6.07 Å². The third kappa shape index (κ3) is 6.04. The molecule has 0 radical (unpaired) electrons. The summed E-state index contributed by atoms with van der Waals surface area (Å²) >= 11 is 0. The van der Waals surface area contributed by atoms with Crippen molar-refractivity contribution < 1.29 is 41.0 Å². The summed E-state index contributed by atoms with van der Waals surface area (Å²) in [5.41, 5.74) is -0.452. The number of hydrogen-bond acceptors (Lipinski definition) is 7. The second-order valence-corrected chi connectivity index (χ2v) is 9.77. The Bertz CT molecular complexity index is 1220. The summed E-state index contributed by atoms with van der Waals surface area (Å²) in [6, 6.07) is 8.04. The molecular weight excluding hydrogens is 525 g/mol. The van der Waals surface area contributed by atoms with Crippen LogP contribution < -0.4 is 19.4 Å². The summed E-state index contributed by atoms with van der Waals surface area (Å²) in [5.74, 6) is -2.90. The van der Waals surface area contributed by atoms with Gasteiger partial charge in [0.15, 0.2) is 11.6 Å². The van der Waals surface area contributed by atoms with Crippen LogP contribution in [0.4, 0.5) is 33.3 Å². The van der Waals surface area contributed by atoms with Gasteiger partial charge in [0.05, 0.1) is 38.1 Å². The summed E-state index contributed by atoms with van der Waals surface area (Å²) in [6.07, 6.45) is -4.58. The molecule has 2 heterocycles. The van der Waals surface area contributed by atoms with Gasteiger partial charge in [-0.15, -0.1) is 0 Å². The molecule has 2 aliphatic rings. The Balaban J connectivity index is 1.45. The first-order chi connectivity index (χ1) is 18.4. The number of hydrazone groups is 1. The Labute approximate surface area is 223 Å². The highest BCUT2D eigenvalue weighted by molar-refractivity contribution is 5.96. The van der Waals surface area contributed by atoms with Gasteiger partial charge in [0.2, 0.25) is 0 Å². The minimum atomic E-state index is -4.63. The number of carbonyl (C=O) groups is 1. The number of esters is 1. The van der Waals surface area contributed by atoms with Gasteiger partial charge in [0.1, 0.15) is 23.3 Å². The van der Waals surface area contributed by atoms with E-state index in [1.807, 2.05) is 6.92 Å². The lowest BCUT2D eigenvalue weighted by atomic mass is 9.94. The molecule has 1 fully saturated rings. The number of halogens is 5. The van der Waals surface area contributed by atoms with Crippen LogP contribution in [0.25, 0.3) is 0 Å². The molecule has 212 valence electrons. The quantitative estimate of drug-likeness (QED) is 0.329. The zero-order valence-electron chi connectivity index (χ0n) is 22.0. The molecule has 2 aromatic rings. The van der Waals surface area contributed by atoms with Crippen molar-refractivity contribution in [1.29, 1.82) is 0 Å². The van der Waals surface area contributed by atoms with Crippen LogP contribution in [0.15, 0.2) is 41.5 Å². The molecule has 0 aliphatic carbocycles. The van der Waals surface area contributed by atoms with E-state index in [0.29, 0.717) is 30.9 Å². The number of piperidine rings is 1. The average molecular weight is 556 g/mol. The number of anilines is 2. The van der Waals surface area contributed by atoms with Crippen molar-refractivity contribution in [2.45, 2.75) is 45.0 Å². The van der Waals surface area contributed by atoms with Crippen molar-refractivity contribution in [3.05, 3.63) is 48.0 Å². The highest BCUT2D eigenvalue weighted by Gasteiger charge is 2.49. The average Bonchev–Trinajstić information content (AvgIpc) is 3.23. The molecule has 0 bridgehead atoms. The van der Waals surface area contributed by atoms with E-state index >= 15 is 0 Å². The van der Waals surface area contributed by atoms with Crippen molar-refractivity contribution in [2.75, 3.05) is 37.2 Å². The van der Waals surface area contributed by atoms with Gasteiger partial charge in [0.25, 0.3) is 0 Å². The molecule has 2 aliphatic heterocycles. The molecule has 12 heteroatoms. The van der Waals surface area contributed by atoms with Crippen molar-refractivity contribution in [3.8, 4) is 11.5 Å². The standard InChI is InChI=1S/C27H30F5N3O4/c1-15-14-34(22-12-19(37-3)11-20(28)25(22)29)10-9-23(15)39-18-7-5-17(6-8-18)35-21(13-24(36)38-4)16(2)26(33-35)27(30,31)32/h5-8,11-12,15-16,21,23H,9-10,13-14H2,1-4H3/t15-,16+,21+,23-/m1/s1. The smallest absolute Gasteiger partial charge is 0.431 e. The topological polar surface area (TPSA) is 63.6 Å². The van der Waals surface area contributed by atoms with Gasteiger partial charge in [-0.1, -0.05) is 13.8 Å². The Morgan fingerprint density at radius 2 is 1.77 bits per heavy atom. The molecule has 0 unspecified atom stereocenters. The van der Waals surface area contributed by atoms with Crippen molar-refractivity contribution >= 4 is 23.1 Å². The van der Waals surface area contributed by atoms with E-state index in [1.54, 1.807) is 29.2 Å². The number of ether oxygens (including phenoxy) is 3. The first-order valence-corrected chi connectivity index (χ1v) is 12.5. The van der Waals surface area contributed by atoms with Gasteiger partial charge in [0, 0.05) is 43.5 Å². The number of methoxy groups -OCH3 is 2. The van der Waals surface area contributed by atoms with Crippen LogP contribution in [0, 0.1) is 23.5 Å². The predicted molar refractivity (Wildman–Crippen MR) is 135 cm³/mol. The number of rotatable bonds is 7. The monoisotopic (exact) mass is 555 g/mol. The molecule has 7 nitrogen and oxygen atoms in total. The van der Waals surface area contributed by atoms with Crippen LogP contribution in [0.1, 0.15) is 26.7 Å². The van der Waals surface area contributed by atoms with Crippen LogP contribution in [-0.4, -0.2) is 57.3 Å². The molecule has 0 amide bonds. The second-order valence-electron chi connectivity index (χ2n) is 9.77. The van der Waals surface area contributed by atoms with Gasteiger partial charge >= 0.3 is 12.1 Å². The van der Waals surface area contributed by atoms with E-state index in [2.05, 4.69) is 9.84 Å². The minimum Gasteiger partial charge on any atom is -0.497 e. The van der Waals surface area contributed by atoms with Crippen molar-refractivity contribution in [1.82, 2.24) is 0 Å². The number of carbonyl (C=O) groups excluding carboxylic acids is 1. The Hall–Kier alpha value is -3.57. The first-order valence-electron chi connectivity index (χ1n) is 12.5. The molecular formula is C27H30F5N3O4. The maximum absolute atomic E-state index is 14.5. The second kappa shape index (κ2) is 11.3. The lowest BCUT2D eigenvalue weighted by Crippen LogP contribution is -2.44. The molecule has 2 aromatic carbocycles. The molecule has 0 N–H and O–H groups in total. The summed E-state index contributed by atoms with van der Waals surface area (Å²) in [4.78, 5) is 13.6. The predicted octanol–water partition coefficient (Wildman–Crippen LogP) is 5.57. The van der Waals surface area contributed by atoms with E-state index < -0.39 is 41.5 Å². The van der Waals surface area contributed by atoms with Gasteiger partial charge in [-0.2, -0.15) is 18.3 Å². The molecule has 0 saturated carbocycles. The summed E-state index contributed by atoms with van der Waals surface area (Å²) in [5, 5.41) is 5.01. The molecule has 0 spiro atoms. The van der Waals surface area contributed by atoms with Crippen molar-refractivity contribution in [2.24, 2.45) is 16.9 Å². The molecule has 4 rings (SSSR count). The Kier molecular flexibility index (Phi) is 8.22. The van der Waals surface area contributed by atoms with Crippen LogP contribution >= 0.6 is 0 Å². The normalized spacial score (nSPS) is 23.5. The lowest BCUT2D eigenvalue weighted by Gasteiger charge is -2.38. The summed E-state index contributed by atoms with van der Waals surface area (Å²) in [7, 11) is 2.57. The maximum Gasteiger partial charge on any atom is 0.431 e.